The summed E-state index contributed by atoms with van der Waals surface area (Å²) in [6, 6.07) is 19.9. The number of amides is 2. The lowest BCUT2D eigenvalue weighted by molar-refractivity contribution is -0.0980. The second-order valence-corrected chi connectivity index (χ2v) is 12.3. The molecule has 5 rings (SSSR count). The molecule has 2 aliphatic heterocycles. The molecule has 2 aromatic rings. The van der Waals surface area contributed by atoms with Gasteiger partial charge in [-0.1, -0.05) is 74.9 Å². The van der Waals surface area contributed by atoms with Crippen LogP contribution in [0, 0.1) is 5.92 Å². The van der Waals surface area contributed by atoms with Crippen molar-refractivity contribution in [3.63, 3.8) is 0 Å². The summed E-state index contributed by atoms with van der Waals surface area (Å²) < 4.78 is 10.7. The fraction of sp³-hybridized carbons (Fsp3) is 0.488. The van der Waals surface area contributed by atoms with Crippen LogP contribution in [-0.4, -0.2) is 69.9 Å². The van der Waals surface area contributed by atoms with Gasteiger partial charge in [-0.3, -0.25) is 0 Å². The Morgan fingerprint density at radius 2 is 1.69 bits per heavy atom. The summed E-state index contributed by atoms with van der Waals surface area (Å²) >= 11 is 0. The Morgan fingerprint density at radius 1 is 1.02 bits per heavy atom. The lowest BCUT2D eigenvalue weighted by Crippen LogP contribution is -2.45. The van der Waals surface area contributed by atoms with Gasteiger partial charge < -0.3 is 29.4 Å². The highest BCUT2D eigenvalue weighted by molar-refractivity contribution is 5.75. The summed E-state index contributed by atoms with van der Waals surface area (Å²) in [7, 11) is 0. The molecule has 270 valence electrons. The van der Waals surface area contributed by atoms with E-state index in [2.05, 4.69) is 97.0 Å². The average Bonchev–Trinajstić information content (AvgIpc) is 3.93. The number of likely N-dealkylation sites (tertiary alicyclic amines) is 1. The van der Waals surface area contributed by atoms with Gasteiger partial charge in [0.05, 0.1) is 19.0 Å². The number of benzene rings is 2. The molecule has 1 N–H and O–H groups in total. The van der Waals surface area contributed by atoms with Crippen molar-refractivity contribution in [3.8, 4) is 0 Å². The van der Waals surface area contributed by atoms with Crippen LogP contribution in [0.2, 0.25) is 0 Å². The lowest BCUT2D eigenvalue weighted by atomic mass is 9.90. The van der Waals surface area contributed by atoms with Gasteiger partial charge in [-0.15, -0.1) is 0 Å². The smallest absolute Gasteiger partial charge is 0.317 e. The summed E-state index contributed by atoms with van der Waals surface area (Å²) in [4.78, 5) is 28.7. The van der Waals surface area contributed by atoms with E-state index in [4.69, 9.17) is 14.3 Å². The van der Waals surface area contributed by atoms with Crippen LogP contribution < -0.4 is 10.2 Å². The molecular formula is C41H62N4O4. The van der Waals surface area contributed by atoms with Gasteiger partial charge in [0.25, 0.3) is 0 Å². The third-order valence-electron chi connectivity index (χ3n) is 8.92. The third-order valence-corrected chi connectivity index (χ3v) is 8.92. The Morgan fingerprint density at radius 3 is 2.33 bits per heavy atom. The quantitative estimate of drug-likeness (QED) is 0.146. The van der Waals surface area contributed by atoms with Crippen molar-refractivity contribution in [1.82, 2.24) is 10.2 Å². The molecule has 2 amide bonds. The van der Waals surface area contributed by atoms with Crippen molar-refractivity contribution in [2.45, 2.75) is 85.1 Å². The van der Waals surface area contributed by atoms with Crippen LogP contribution in [0.15, 0.2) is 95.5 Å². The van der Waals surface area contributed by atoms with E-state index in [1.807, 2.05) is 44.6 Å². The Labute approximate surface area is 297 Å². The monoisotopic (exact) mass is 674 g/mol. The summed E-state index contributed by atoms with van der Waals surface area (Å²) in [5.41, 5.74) is 5.45. The lowest BCUT2D eigenvalue weighted by Gasteiger charge is -2.32. The summed E-state index contributed by atoms with van der Waals surface area (Å²) in [5.74, 6) is 2.29. The number of piperidine rings is 1. The van der Waals surface area contributed by atoms with Crippen molar-refractivity contribution >= 4 is 25.2 Å². The molecule has 3 aliphatic rings. The molecule has 49 heavy (non-hydrogen) atoms. The topological polar surface area (TPSA) is 83.5 Å². The van der Waals surface area contributed by atoms with E-state index >= 15 is 0 Å². The highest BCUT2D eigenvalue weighted by Gasteiger charge is 2.40. The Balaban J connectivity index is 0.000000561. The number of carbonyl (C=O) groups excluding carboxylic acids is 2. The molecule has 2 unspecified atom stereocenters. The maximum Gasteiger partial charge on any atom is 0.317 e. The first-order valence-corrected chi connectivity index (χ1v) is 17.8. The number of hydrogen-bond donors (Lipinski definition) is 1. The minimum atomic E-state index is 0. The maximum atomic E-state index is 12.7. The number of nitrogens with zero attached hydrogens (tertiary/aromatic N) is 3. The van der Waals surface area contributed by atoms with Gasteiger partial charge in [0.2, 0.25) is 5.88 Å². The SMILES string of the molecule is C=NC(=C)O/C(C)=C/C/C=C(\C)CC.C=O.CC.O=C(NC1CC1c1ccccc1)N1CCC(Cc2cccc(N3CCOCC3)c2)CC1.[HH]. The normalized spacial score (nSPS) is 19.0. The van der Waals surface area contributed by atoms with E-state index in [-0.39, 0.29) is 7.46 Å². The average molecular weight is 675 g/mol. The maximum absolute atomic E-state index is 12.7. The summed E-state index contributed by atoms with van der Waals surface area (Å²) in [5, 5.41) is 3.25. The van der Waals surface area contributed by atoms with E-state index < -0.39 is 0 Å². The predicted octanol–water partition coefficient (Wildman–Crippen LogP) is 8.96. The largest absolute Gasteiger partial charge is 0.445 e. The van der Waals surface area contributed by atoms with Crippen LogP contribution in [0.4, 0.5) is 10.5 Å². The number of carbonyl (C=O) groups is 2. The number of nitrogens with one attached hydrogen (secondary N) is 1. The zero-order valence-corrected chi connectivity index (χ0v) is 30.7. The number of rotatable bonds is 11. The van der Waals surface area contributed by atoms with Crippen LogP contribution in [0.3, 0.4) is 0 Å². The van der Waals surface area contributed by atoms with Crippen LogP contribution in [-0.2, 0) is 20.7 Å². The number of allylic oxidation sites excluding steroid dienone is 4. The van der Waals surface area contributed by atoms with Crippen LogP contribution in [0.5, 0.6) is 0 Å². The van der Waals surface area contributed by atoms with Crippen molar-refractivity contribution < 1.29 is 20.5 Å². The van der Waals surface area contributed by atoms with Crippen molar-refractivity contribution in [2.75, 3.05) is 44.3 Å². The first kappa shape index (κ1) is 41.0. The minimum Gasteiger partial charge on any atom is -0.445 e. The van der Waals surface area contributed by atoms with E-state index in [1.54, 1.807) is 0 Å². The highest BCUT2D eigenvalue weighted by atomic mass is 16.5. The van der Waals surface area contributed by atoms with E-state index in [9.17, 15) is 4.79 Å². The third kappa shape index (κ3) is 14.9. The number of morpholine rings is 1. The Kier molecular flexibility index (Phi) is 19.4. The molecule has 0 spiro atoms. The minimum absolute atomic E-state index is 0. The molecule has 1 saturated carbocycles. The van der Waals surface area contributed by atoms with Gasteiger partial charge in [0, 0.05) is 45.3 Å². The van der Waals surface area contributed by atoms with Crippen LogP contribution >= 0.6 is 0 Å². The second kappa shape index (κ2) is 23.2. The molecule has 2 saturated heterocycles. The molecule has 8 nitrogen and oxygen atoms in total. The molecule has 0 aromatic heterocycles. The zero-order chi connectivity index (χ0) is 36.0. The summed E-state index contributed by atoms with van der Waals surface area (Å²) in [6.07, 6.45) is 10.5. The van der Waals surface area contributed by atoms with Gasteiger partial charge in [0.1, 0.15) is 6.79 Å². The van der Waals surface area contributed by atoms with E-state index in [1.165, 1.54) is 22.4 Å². The molecule has 1 aliphatic carbocycles. The number of ether oxygens (including phenoxy) is 2. The first-order chi connectivity index (χ1) is 23.9. The van der Waals surface area contributed by atoms with Crippen molar-refractivity contribution in [3.05, 3.63) is 102 Å². The molecule has 0 bridgehead atoms. The standard InChI is InChI=1S/C26H33N3O2.C12H19NO.C2H6.CH2O.H2/c30-26(27-25-19-24(25)22-6-2-1-3-7-22)29-11-9-20(10-12-29)17-21-5-4-8-23(18-21)28-13-15-31-16-14-28;1-6-10(2)8-7-9-11(3)14-12(4)13-5;2*1-2;/h1-8,18,20,24-25H,9-17,19H2,(H,27,30);8-9H,4-7H2,1-3H3;1-2H3;1H2;1H/b;10-8+,11-9+;;;. The highest BCUT2D eigenvalue weighted by Crippen LogP contribution is 2.40. The van der Waals surface area contributed by atoms with Gasteiger partial charge in [0.15, 0.2) is 0 Å². The van der Waals surface area contributed by atoms with E-state index in [0.717, 1.165) is 83.7 Å². The summed E-state index contributed by atoms with van der Waals surface area (Å²) in [6.45, 7) is 24.3. The molecule has 0 radical (unpaired) electrons. The molecule has 8 heteroatoms. The number of urea groups is 1. The van der Waals surface area contributed by atoms with Gasteiger partial charge in [-0.05, 0) is 101 Å². The molecule has 3 fully saturated rings. The van der Waals surface area contributed by atoms with Crippen molar-refractivity contribution in [2.24, 2.45) is 10.9 Å². The van der Waals surface area contributed by atoms with Crippen LogP contribution in [0.25, 0.3) is 0 Å². The van der Waals surface area contributed by atoms with Crippen LogP contribution in [0.1, 0.15) is 85.2 Å². The molecule has 2 heterocycles. The first-order valence-electron chi connectivity index (χ1n) is 17.8. The molecule has 2 atom stereocenters. The van der Waals surface area contributed by atoms with Gasteiger partial charge in [-0.25, -0.2) is 9.79 Å². The van der Waals surface area contributed by atoms with Gasteiger partial charge in [-0.2, -0.15) is 0 Å². The number of hydrogen-bond acceptors (Lipinski definition) is 6. The second-order valence-electron chi connectivity index (χ2n) is 12.3. The van der Waals surface area contributed by atoms with Crippen molar-refractivity contribution in [1.29, 1.82) is 0 Å². The molecular weight excluding hydrogens is 612 g/mol. The number of aliphatic imine (C=N–C) groups is 1. The fourth-order valence-electron chi connectivity index (χ4n) is 5.88. The van der Waals surface area contributed by atoms with E-state index in [0.29, 0.717) is 23.8 Å². The van der Waals surface area contributed by atoms with Gasteiger partial charge >= 0.3 is 6.03 Å². The zero-order valence-electron chi connectivity index (χ0n) is 30.7. The number of anilines is 1. The predicted molar refractivity (Wildman–Crippen MR) is 206 cm³/mol. The Hall–Kier alpha value is -4.17. The Bertz CT molecular complexity index is 1340. The molecule has 2 aromatic carbocycles. The fourth-order valence-corrected chi connectivity index (χ4v) is 5.88.